The molecule has 0 spiro atoms. The van der Waals surface area contributed by atoms with E-state index in [-0.39, 0.29) is 17.6 Å². The second-order valence-electron chi connectivity index (χ2n) is 3.90. The minimum absolute atomic E-state index is 0.0381. The summed E-state index contributed by atoms with van der Waals surface area (Å²) in [7, 11) is 0. The van der Waals surface area contributed by atoms with E-state index in [1.807, 2.05) is 6.92 Å². The summed E-state index contributed by atoms with van der Waals surface area (Å²) in [6, 6.07) is 1.67. The fraction of sp³-hybridized carbons (Fsp3) is 0.308. The van der Waals surface area contributed by atoms with Crippen LogP contribution in [-0.4, -0.2) is 22.1 Å². The van der Waals surface area contributed by atoms with Crippen LogP contribution in [0.5, 0.6) is 0 Å². The SMILES string of the molecule is CCOC(=O)c1cn(CC)c2ncc(Br)cc2c1=O. The number of ether oxygens (including phenoxy) is 1. The predicted molar refractivity (Wildman–Crippen MR) is 75.3 cm³/mol. The number of rotatable bonds is 3. The van der Waals surface area contributed by atoms with Crippen molar-refractivity contribution in [2.75, 3.05) is 6.61 Å². The summed E-state index contributed by atoms with van der Waals surface area (Å²) in [5, 5.41) is 0.404. The third-order valence-electron chi connectivity index (χ3n) is 2.72. The van der Waals surface area contributed by atoms with E-state index in [0.29, 0.717) is 22.1 Å². The summed E-state index contributed by atoms with van der Waals surface area (Å²) in [5.74, 6) is -0.600. The van der Waals surface area contributed by atoms with Crippen LogP contribution >= 0.6 is 15.9 Å². The van der Waals surface area contributed by atoms with Gasteiger partial charge in [-0.05, 0) is 35.8 Å². The molecule has 0 bridgehead atoms. The molecule has 19 heavy (non-hydrogen) atoms. The maximum absolute atomic E-state index is 12.3. The van der Waals surface area contributed by atoms with Gasteiger partial charge in [0.05, 0.1) is 12.0 Å². The highest BCUT2D eigenvalue weighted by Crippen LogP contribution is 2.15. The molecule has 100 valence electrons. The van der Waals surface area contributed by atoms with Gasteiger partial charge < -0.3 is 9.30 Å². The molecule has 0 atom stereocenters. The lowest BCUT2D eigenvalue weighted by Gasteiger charge is -2.10. The fourth-order valence-corrected chi connectivity index (χ4v) is 2.18. The second-order valence-corrected chi connectivity index (χ2v) is 4.82. The lowest BCUT2D eigenvalue weighted by molar-refractivity contribution is 0.0524. The molecule has 0 aliphatic rings. The van der Waals surface area contributed by atoms with Crippen LogP contribution in [0, 0.1) is 0 Å². The molecule has 0 saturated heterocycles. The summed E-state index contributed by atoms with van der Waals surface area (Å²) >= 11 is 3.28. The molecule has 0 aromatic carbocycles. The zero-order valence-electron chi connectivity index (χ0n) is 10.6. The molecular weight excluding hydrogens is 312 g/mol. The van der Waals surface area contributed by atoms with Crippen LogP contribution in [0.1, 0.15) is 24.2 Å². The lowest BCUT2D eigenvalue weighted by Crippen LogP contribution is -2.21. The minimum atomic E-state index is -0.600. The smallest absolute Gasteiger partial charge is 0.343 e. The number of aryl methyl sites for hydroxylation is 1. The number of pyridine rings is 2. The number of esters is 1. The van der Waals surface area contributed by atoms with Crippen molar-refractivity contribution >= 4 is 32.9 Å². The molecular formula is C13H13BrN2O3. The van der Waals surface area contributed by atoms with Gasteiger partial charge in [-0.2, -0.15) is 0 Å². The minimum Gasteiger partial charge on any atom is -0.462 e. The summed E-state index contributed by atoms with van der Waals surface area (Å²) in [6.07, 6.45) is 3.13. The lowest BCUT2D eigenvalue weighted by atomic mass is 10.2. The molecule has 0 aliphatic carbocycles. The third kappa shape index (κ3) is 2.53. The number of carbonyl (C=O) groups is 1. The topological polar surface area (TPSA) is 61.2 Å². The van der Waals surface area contributed by atoms with Crippen LogP contribution in [0.25, 0.3) is 11.0 Å². The first-order valence-corrected chi connectivity index (χ1v) is 6.73. The summed E-state index contributed by atoms with van der Waals surface area (Å²) in [6.45, 7) is 4.47. The molecule has 0 radical (unpaired) electrons. The van der Waals surface area contributed by atoms with Crippen molar-refractivity contribution in [1.29, 1.82) is 0 Å². The first-order valence-electron chi connectivity index (χ1n) is 5.94. The molecule has 2 heterocycles. The third-order valence-corrected chi connectivity index (χ3v) is 3.15. The van der Waals surface area contributed by atoms with E-state index in [4.69, 9.17) is 4.74 Å². The van der Waals surface area contributed by atoms with Gasteiger partial charge in [0.15, 0.2) is 0 Å². The molecule has 0 N–H and O–H groups in total. The summed E-state index contributed by atoms with van der Waals surface area (Å²) in [4.78, 5) is 28.3. The normalized spacial score (nSPS) is 10.7. The van der Waals surface area contributed by atoms with Crippen LogP contribution in [-0.2, 0) is 11.3 Å². The van der Waals surface area contributed by atoms with Crippen molar-refractivity contribution in [3.05, 3.63) is 38.7 Å². The Labute approximate surface area is 118 Å². The molecule has 0 aliphatic heterocycles. The maximum Gasteiger partial charge on any atom is 0.343 e. The standard InChI is InChI=1S/C13H13BrN2O3/c1-3-16-7-10(13(18)19-4-2)11(17)9-5-8(14)6-15-12(9)16/h5-7H,3-4H2,1-2H3. The van der Waals surface area contributed by atoms with E-state index < -0.39 is 5.97 Å². The largest absolute Gasteiger partial charge is 0.462 e. The Hall–Kier alpha value is -1.69. The molecule has 0 fully saturated rings. The Morgan fingerprint density at radius 3 is 2.84 bits per heavy atom. The molecule has 2 aromatic heterocycles. The van der Waals surface area contributed by atoms with Crippen molar-refractivity contribution in [3.8, 4) is 0 Å². The summed E-state index contributed by atoms with van der Waals surface area (Å²) < 4.78 is 7.36. The highest BCUT2D eigenvalue weighted by molar-refractivity contribution is 9.10. The van der Waals surface area contributed by atoms with E-state index in [2.05, 4.69) is 20.9 Å². The molecule has 0 unspecified atom stereocenters. The molecule has 0 saturated carbocycles. The van der Waals surface area contributed by atoms with E-state index in [1.54, 1.807) is 23.8 Å². The molecule has 5 nitrogen and oxygen atoms in total. The van der Waals surface area contributed by atoms with E-state index >= 15 is 0 Å². The number of halogens is 1. The second kappa shape index (κ2) is 5.52. The Balaban J connectivity index is 2.77. The number of hydrogen-bond donors (Lipinski definition) is 0. The van der Waals surface area contributed by atoms with Gasteiger partial charge in [-0.25, -0.2) is 9.78 Å². The van der Waals surface area contributed by atoms with Crippen molar-refractivity contribution in [1.82, 2.24) is 9.55 Å². The van der Waals surface area contributed by atoms with Crippen molar-refractivity contribution in [2.45, 2.75) is 20.4 Å². The molecule has 6 heteroatoms. The van der Waals surface area contributed by atoms with Crippen molar-refractivity contribution in [3.63, 3.8) is 0 Å². The first kappa shape index (κ1) is 13.7. The van der Waals surface area contributed by atoms with Crippen LogP contribution in [0.4, 0.5) is 0 Å². The first-order chi connectivity index (χ1) is 9.08. The van der Waals surface area contributed by atoms with Gasteiger partial charge in [-0.1, -0.05) is 0 Å². The fourth-order valence-electron chi connectivity index (χ4n) is 1.84. The average molecular weight is 325 g/mol. The van der Waals surface area contributed by atoms with Gasteiger partial charge in [0.1, 0.15) is 11.2 Å². The van der Waals surface area contributed by atoms with Gasteiger partial charge in [0.2, 0.25) is 5.43 Å². The Kier molecular flexibility index (Phi) is 3.99. The Morgan fingerprint density at radius 1 is 1.47 bits per heavy atom. The quantitative estimate of drug-likeness (QED) is 0.813. The highest BCUT2D eigenvalue weighted by Gasteiger charge is 2.16. The zero-order chi connectivity index (χ0) is 14.0. The van der Waals surface area contributed by atoms with Crippen LogP contribution in [0.3, 0.4) is 0 Å². The number of hydrogen-bond acceptors (Lipinski definition) is 4. The van der Waals surface area contributed by atoms with E-state index in [1.165, 1.54) is 6.20 Å². The summed E-state index contributed by atoms with van der Waals surface area (Å²) in [5.41, 5.74) is 0.242. The zero-order valence-corrected chi connectivity index (χ0v) is 12.2. The Morgan fingerprint density at radius 2 is 2.21 bits per heavy atom. The van der Waals surface area contributed by atoms with Gasteiger partial charge in [-0.3, -0.25) is 4.79 Å². The highest BCUT2D eigenvalue weighted by atomic mass is 79.9. The maximum atomic E-state index is 12.3. The van der Waals surface area contributed by atoms with Crippen molar-refractivity contribution < 1.29 is 9.53 Å². The van der Waals surface area contributed by atoms with Crippen LogP contribution < -0.4 is 5.43 Å². The van der Waals surface area contributed by atoms with E-state index in [0.717, 1.165) is 0 Å². The molecule has 2 aromatic rings. The Bertz CT molecular complexity index is 694. The van der Waals surface area contributed by atoms with E-state index in [9.17, 15) is 9.59 Å². The monoisotopic (exact) mass is 324 g/mol. The number of nitrogens with zero attached hydrogens (tertiary/aromatic N) is 2. The van der Waals surface area contributed by atoms with Gasteiger partial charge in [-0.15, -0.1) is 0 Å². The number of aromatic nitrogens is 2. The molecule has 2 rings (SSSR count). The van der Waals surface area contributed by atoms with Gasteiger partial charge >= 0.3 is 5.97 Å². The van der Waals surface area contributed by atoms with Crippen LogP contribution in [0.2, 0.25) is 0 Å². The van der Waals surface area contributed by atoms with Crippen LogP contribution in [0.15, 0.2) is 27.7 Å². The number of carbonyl (C=O) groups excluding carboxylic acids is 1. The average Bonchev–Trinajstić information content (AvgIpc) is 2.40. The number of fused-ring (bicyclic) bond motifs is 1. The molecule has 0 amide bonds. The van der Waals surface area contributed by atoms with Gasteiger partial charge in [0, 0.05) is 23.4 Å². The predicted octanol–water partition coefficient (Wildman–Crippen LogP) is 2.36. The van der Waals surface area contributed by atoms with Crippen molar-refractivity contribution in [2.24, 2.45) is 0 Å². The van der Waals surface area contributed by atoms with Gasteiger partial charge in [0.25, 0.3) is 0 Å².